The molecule has 8 heteroatoms. The highest BCUT2D eigenvalue weighted by Crippen LogP contribution is 2.54. The van der Waals surface area contributed by atoms with Gasteiger partial charge in [0.25, 0.3) is 0 Å². The fourth-order valence-corrected chi connectivity index (χ4v) is 9.83. The summed E-state index contributed by atoms with van der Waals surface area (Å²) in [5.41, 5.74) is 6.91. The Labute approximate surface area is 345 Å². The van der Waals surface area contributed by atoms with Gasteiger partial charge in [0, 0.05) is 65.0 Å². The van der Waals surface area contributed by atoms with Crippen molar-refractivity contribution in [3.05, 3.63) is 165 Å². The van der Waals surface area contributed by atoms with Gasteiger partial charge in [-0.3, -0.25) is 19.2 Å². The summed E-state index contributed by atoms with van der Waals surface area (Å²) in [4.78, 5) is 56.1. The molecule has 2 saturated heterocycles. The molecule has 4 aliphatic rings. The first-order valence-electron chi connectivity index (χ1n) is 20.8. The molecule has 0 radical (unpaired) electrons. The zero-order valence-corrected chi connectivity index (χ0v) is 34.2. The lowest BCUT2D eigenvalue weighted by atomic mass is 9.68. The molecular formula is C51H50N2O6. The van der Waals surface area contributed by atoms with Crippen LogP contribution in [0.1, 0.15) is 103 Å². The molecule has 0 amide bonds. The zero-order chi connectivity index (χ0) is 41.1. The minimum absolute atomic E-state index is 0.0308. The number of rotatable bonds is 10. The summed E-state index contributed by atoms with van der Waals surface area (Å²) >= 11 is 0. The number of Topliss-reactive ketones (excluding diaryl/α,β-unsaturated/α-hetero) is 2. The van der Waals surface area contributed by atoms with Crippen molar-refractivity contribution in [3.8, 4) is 11.1 Å². The molecule has 0 aromatic heterocycles. The molecule has 59 heavy (non-hydrogen) atoms. The Bertz CT molecular complexity index is 2400. The number of hydrogen-bond donors (Lipinski definition) is 2. The number of morpholine rings is 2. The van der Waals surface area contributed by atoms with Crippen LogP contribution in [-0.4, -0.2) is 74.7 Å². The highest BCUT2D eigenvalue weighted by molar-refractivity contribution is 6.29. The van der Waals surface area contributed by atoms with E-state index in [4.69, 9.17) is 9.47 Å². The smallest absolute Gasteiger partial charge is 0.194 e. The van der Waals surface area contributed by atoms with Crippen LogP contribution in [0.5, 0.6) is 0 Å². The molecule has 2 heterocycles. The summed E-state index contributed by atoms with van der Waals surface area (Å²) in [5.74, 6) is -0.247. The van der Waals surface area contributed by atoms with Crippen LogP contribution in [0.25, 0.3) is 11.1 Å². The Morgan fingerprint density at radius 2 is 1.00 bits per heavy atom. The third-order valence-electron chi connectivity index (χ3n) is 13.4. The molecule has 2 unspecified atom stereocenters. The van der Waals surface area contributed by atoms with Crippen LogP contribution in [0.2, 0.25) is 0 Å². The van der Waals surface area contributed by atoms with Crippen LogP contribution < -0.4 is 10.6 Å². The van der Waals surface area contributed by atoms with Crippen LogP contribution in [-0.2, 0) is 27.7 Å². The number of hydrogen-bond acceptors (Lipinski definition) is 8. The number of fused-ring (bicyclic) bond motifs is 5. The van der Waals surface area contributed by atoms with E-state index < -0.39 is 16.2 Å². The molecule has 2 aliphatic carbocycles. The molecule has 8 nitrogen and oxygen atoms in total. The second-order valence-corrected chi connectivity index (χ2v) is 17.8. The molecule has 2 N–H and O–H groups in total. The van der Waals surface area contributed by atoms with Crippen molar-refractivity contribution in [1.29, 1.82) is 0 Å². The monoisotopic (exact) mass is 786 g/mol. The first kappa shape index (κ1) is 39.1. The molecule has 0 spiro atoms. The standard InChI is InChI=1S/C51H50N2O6/c1-49(2,43-29-52-21-23-58-43)47(56)33-17-13-31(14-18-33)27-51(28-32-15-19-34(20-16-32)48(57)50(3,4)44-30-53-22-24-59-44)41-12-8-7-9-35(41)38-25-39-40(26-42(38)51)46(55)37-11-6-5-10-36(37)45(39)54/h5-20,25-26,43-44,52-53H,21-24,27-30H2,1-4H3. The number of carbonyl (C=O) groups is 4. The van der Waals surface area contributed by atoms with Gasteiger partial charge in [-0.15, -0.1) is 0 Å². The van der Waals surface area contributed by atoms with E-state index in [1.807, 2.05) is 100 Å². The number of benzene rings is 5. The fraction of sp³-hybridized carbons (Fsp3) is 0.333. The van der Waals surface area contributed by atoms with Gasteiger partial charge in [0.2, 0.25) is 0 Å². The van der Waals surface area contributed by atoms with Crippen molar-refractivity contribution < 1.29 is 28.7 Å². The molecule has 0 saturated carbocycles. The summed E-state index contributed by atoms with van der Waals surface area (Å²) in [7, 11) is 0. The number of ether oxygens (including phenoxy) is 2. The fourth-order valence-electron chi connectivity index (χ4n) is 9.83. The van der Waals surface area contributed by atoms with E-state index in [1.165, 1.54) is 0 Å². The molecule has 5 aromatic carbocycles. The third-order valence-corrected chi connectivity index (χ3v) is 13.4. The Morgan fingerprint density at radius 1 is 0.559 bits per heavy atom. The van der Waals surface area contributed by atoms with Crippen LogP contribution >= 0.6 is 0 Å². The van der Waals surface area contributed by atoms with Gasteiger partial charge in [0.15, 0.2) is 23.1 Å². The summed E-state index contributed by atoms with van der Waals surface area (Å²) in [6, 6.07) is 35.1. The average Bonchev–Trinajstić information content (AvgIpc) is 3.53. The molecule has 9 rings (SSSR count). The maximum Gasteiger partial charge on any atom is 0.194 e. The van der Waals surface area contributed by atoms with Crippen LogP contribution in [0.15, 0.2) is 109 Å². The minimum atomic E-state index is -0.718. The molecular weight excluding hydrogens is 737 g/mol. The first-order valence-corrected chi connectivity index (χ1v) is 20.8. The minimum Gasteiger partial charge on any atom is -0.375 e. The van der Waals surface area contributed by atoms with Gasteiger partial charge >= 0.3 is 0 Å². The lowest BCUT2D eigenvalue weighted by Crippen LogP contribution is -2.49. The summed E-state index contributed by atoms with van der Waals surface area (Å²) in [6.45, 7) is 11.8. The Balaban J connectivity index is 1.13. The Morgan fingerprint density at radius 3 is 1.46 bits per heavy atom. The van der Waals surface area contributed by atoms with E-state index in [9.17, 15) is 19.2 Å². The van der Waals surface area contributed by atoms with Gasteiger partial charge < -0.3 is 20.1 Å². The zero-order valence-electron chi connectivity index (χ0n) is 34.2. The van der Waals surface area contributed by atoms with Crippen molar-refractivity contribution >= 4 is 23.1 Å². The van der Waals surface area contributed by atoms with Gasteiger partial charge in [-0.2, -0.15) is 0 Å². The van der Waals surface area contributed by atoms with Crippen LogP contribution in [0, 0.1) is 10.8 Å². The number of nitrogens with one attached hydrogen (secondary N) is 2. The van der Waals surface area contributed by atoms with Gasteiger partial charge in [0.1, 0.15) is 0 Å². The quantitative estimate of drug-likeness (QED) is 0.137. The van der Waals surface area contributed by atoms with Crippen LogP contribution in [0.3, 0.4) is 0 Å². The first-order chi connectivity index (χ1) is 28.4. The predicted molar refractivity (Wildman–Crippen MR) is 228 cm³/mol. The molecule has 300 valence electrons. The lowest BCUT2D eigenvalue weighted by Gasteiger charge is -2.36. The van der Waals surface area contributed by atoms with E-state index in [0.29, 0.717) is 72.5 Å². The molecule has 2 atom stereocenters. The third kappa shape index (κ3) is 6.63. The second kappa shape index (κ2) is 15.0. The highest BCUT2D eigenvalue weighted by atomic mass is 16.5. The van der Waals surface area contributed by atoms with Crippen molar-refractivity contribution in [2.75, 3.05) is 39.4 Å². The average molecular weight is 787 g/mol. The van der Waals surface area contributed by atoms with E-state index >= 15 is 0 Å². The topological polar surface area (TPSA) is 111 Å². The van der Waals surface area contributed by atoms with Crippen molar-refractivity contribution in [2.45, 2.75) is 58.2 Å². The summed E-state index contributed by atoms with van der Waals surface area (Å²) in [5, 5.41) is 6.71. The largest absolute Gasteiger partial charge is 0.375 e. The molecule has 0 bridgehead atoms. The van der Waals surface area contributed by atoms with E-state index in [-0.39, 0.29) is 35.3 Å². The Hall–Kier alpha value is -5.38. The number of carbonyl (C=O) groups excluding carboxylic acids is 4. The second-order valence-electron chi connectivity index (χ2n) is 17.8. The summed E-state index contributed by atoms with van der Waals surface area (Å²) in [6.07, 6.45) is 0.663. The molecule has 5 aromatic rings. The van der Waals surface area contributed by atoms with E-state index in [2.05, 4.69) is 22.8 Å². The SMILES string of the molecule is CC(C)(C(=O)c1ccc(CC2(Cc3ccc(C(=O)C(C)(C)C4CNCCO4)cc3)c3ccccc3-c3cc4c(cc32)C(=O)c2ccccc2C4=O)cc1)C1CNCCO1. The van der Waals surface area contributed by atoms with Crippen molar-refractivity contribution in [3.63, 3.8) is 0 Å². The maximum absolute atomic E-state index is 14.2. The maximum atomic E-state index is 14.2. The summed E-state index contributed by atoms with van der Waals surface area (Å²) < 4.78 is 12.0. The van der Waals surface area contributed by atoms with Gasteiger partial charge in [0.05, 0.1) is 36.3 Å². The molecule has 2 fully saturated rings. The Kier molecular flexibility index (Phi) is 9.95. The normalized spacial score (nSPS) is 21.3. The van der Waals surface area contributed by atoms with E-state index in [1.54, 1.807) is 24.3 Å². The van der Waals surface area contributed by atoms with E-state index in [0.717, 1.165) is 46.5 Å². The van der Waals surface area contributed by atoms with Gasteiger partial charge in [-0.05, 0) is 86.1 Å². The predicted octanol–water partition coefficient (Wildman–Crippen LogP) is 7.61. The highest BCUT2D eigenvalue weighted by Gasteiger charge is 2.46. The molecule has 2 aliphatic heterocycles. The lowest BCUT2D eigenvalue weighted by molar-refractivity contribution is -0.0326. The van der Waals surface area contributed by atoms with Crippen molar-refractivity contribution in [2.24, 2.45) is 10.8 Å². The van der Waals surface area contributed by atoms with Gasteiger partial charge in [-0.1, -0.05) is 97.1 Å². The van der Waals surface area contributed by atoms with Gasteiger partial charge in [-0.25, -0.2) is 0 Å². The van der Waals surface area contributed by atoms with Crippen molar-refractivity contribution in [1.82, 2.24) is 10.6 Å². The van der Waals surface area contributed by atoms with Crippen LogP contribution in [0.4, 0.5) is 0 Å². The number of ketones is 4.